The van der Waals surface area contributed by atoms with Gasteiger partial charge in [0.1, 0.15) is 10.9 Å². The molecule has 1 aliphatic rings. The molecular weight excluding hydrogens is 362 g/mol. The molecule has 1 heterocycles. The summed E-state index contributed by atoms with van der Waals surface area (Å²) >= 11 is 6.34. The smallest absolute Gasteiger partial charge is 0.494 e. The van der Waals surface area contributed by atoms with Gasteiger partial charge in [-0.05, 0) is 69.9 Å². The van der Waals surface area contributed by atoms with E-state index in [1.807, 2.05) is 52.8 Å². The standard InChI is InChI=1S/C20H24BClN2O3/c1-12-10-13(21-26-19(2,3)20(4,5)27-21)6-9-17(12)24-18(22)15-11-14(25)7-8-16(15)23/h6-11,25H,23H2,1-5H3. The lowest BCUT2D eigenvalue weighted by atomic mass is 9.78. The first kappa shape index (κ1) is 19.7. The molecule has 0 aliphatic carbocycles. The van der Waals surface area contributed by atoms with E-state index >= 15 is 0 Å². The van der Waals surface area contributed by atoms with Crippen LogP contribution in [0.5, 0.6) is 5.75 Å². The van der Waals surface area contributed by atoms with Gasteiger partial charge in [0.05, 0.1) is 16.9 Å². The quantitative estimate of drug-likeness (QED) is 0.363. The van der Waals surface area contributed by atoms with Gasteiger partial charge in [-0.3, -0.25) is 0 Å². The molecule has 2 aromatic carbocycles. The maximum atomic E-state index is 9.65. The largest absolute Gasteiger partial charge is 0.508 e. The number of hydrogen-bond donors (Lipinski definition) is 2. The maximum Gasteiger partial charge on any atom is 0.494 e. The van der Waals surface area contributed by atoms with Crippen molar-refractivity contribution in [2.45, 2.75) is 45.8 Å². The summed E-state index contributed by atoms with van der Waals surface area (Å²) in [4.78, 5) is 4.47. The van der Waals surface area contributed by atoms with Gasteiger partial charge in [-0.25, -0.2) is 4.99 Å². The molecule has 5 nitrogen and oxygen atoms in total. The Bertz CT molecular complexity index is 896. The number of rotatable bonds is 3. The Balaban J connectivity index is 1.89. The number of benzene rings is 2. The SMILES string of the molecule is Cc1cc(B2OC(C)(C)C(C)(C)O2)ccc1N=C(Cl)c1cc(O)ccc1N. The summed E-state index contributed by atoms with van der Waals surface area (Å²) in [5, 5.41) is 9.87. The predicted molar refractivity (Wildman–Crippen MR) is 111 cm³/mol. The number of aliphatic imine (C=N–C) groups is 1. The van der Waals surface area contributed by atoms with Gasteiger partial charge in [0.2, 0.25) is 0 Å². The van der Waals surface area contributed by atoms with Gasteiger partial charge in [0.15, 0.2) is 0 Å². The van der Waals surface area contributed by atoms with E-state index in [0.717, 1.165) is 11.0 Å². The molecule has 3 rings (SSSR count). The van der Waals surface area contributed by atoms with Gasteiger partial charge in [-0.15, -0.1) is 0 Å². The van der Waals surface area contributed by atoms with Crippen molar-refractivity contribution in [1.82, 2.24) is 0 Å². The molecule has 1 fully saturated rings. The van der Waals surface area contributed by atoms with Crippen LogP contribution < -0.4 is 11.2 Å². The average Bonchev–Trinajstić information content (AvgIpc) is 2.79. The van der Waals surface area contributed by atoms with Gasteiger partial charge >= 0.3 is 7.12 Å². The van der Waals surface area contributed by atoms with Crippen LogP contribution in [0.4, 0.5) is 11.4 Å². The Morgan fingerprint density at radius 3 is 2.30 bits per heavy atom. The van der Waals surface area contributed by atoms with Crippen molar-refractivity contribution in [1.29, 1.82) is 0 Å². The molecule has 0 amide bonds. The lowest BCUT2D eigenvalue weighted by Crippen LogP contribution is -2.41. The summed E-state index contributed by atoms with van der Waals surface area (Å²) < 4.78 is 12.2. The maximum absolute atomic E-state index is 9.65. The number of nitrogens with two attached hydrogens (primary N) is 1. The molecule has 0 aromatic heterocycles. The number of nitrogens with zero attached hydrogens (tertiary/aromatic N) is 1. The zero-order valence-corrected chi connectivity index (χ0v) is 17.0. The minimum Gasteiger partial charge on any atom is -0.508 e. The zero-order chi connectivity index (χ0) is 20.0. The molecule has 2 aromatic rings. The third kappa shape index (κ3) is 3.83. The van der Waals surface area contributed by atoms with Crippen molar-refractivity contribution in [3.63, 3.8) is 0 Å². The van der Waals surface area contributed by atoms with Crippen molar-refractivity contribution in [2.24, 2.45) is 4.99 Å². The van der Waals surface area contributed by atoms with Gasteiger partial charge in [-0.2, -0.15) is 0 Å². The first-order valence-corrected chi connectivity index (χ1v) is 9.17. The van der Waals surface area contributed by atoms with Crippen LogP contribution in [0, 0.1) is 6.92 Å². The van der Waals surface area contributed by atoms with Crippen LogP contribution in [0.3, 0.4) is 0 Å². The molecule has 0 bridgehead atoms. The van der Waals surface area contributed by atoms with E-state index in [2.05, 4.69) is 4.99 Å². The summed E-state index contributed by atoms with van der Waals surface area (Å²) in [5.41, 5.74) is 8.66. The van der Waals surface area contributed by atoms with E-state index in [4.69, 9.17) is 26.6 Å². The van der Waals surface area contributed by atoms with Crippen LogP contribution in [0.1, 0.15) is 38.8 Å². The fourth-order valence-corrected chi connectivity index (χ4v) is 3.07. The molecule has 1 saturated heterocycles. The first-order valence-electron chi connectivity index (χ1n) is 8.79. The van der Waals surface area contributed by atoms with Gasteiger partial charge in [0, 0.05) is 11.3 Å². The van der Waals surface area contributed by atoms with Crippen LogP contribution in [-0.2, 0) is 9.31 Å². The van der Waals surface area contributed by atoms with Crippen LogP contribution in [0.25, 0.3) is 0 Å². The van der Waals surface area contributed by atoms with Gasteiger partial charge in [0.25, 0.3) is 0 Å². The van der Waals surface area contributed by atoms with Crippen LogP contribution in [0.2, 0.25) is 0 Å². The summed E-state index contributed by atoms with van der Waals surface area (Å²) in [6, 6.07) is 10.4. The number of aromatic hydroxyl groups is 1. The van der Waals surface area contributed by atoms with E-state index in [9.17, 15) is 5.11 Å². The molecule has 3 N–H and O–H groups in total. The second-order valence-corrected chi connectivity index (χ2v) is 8.17. The highest BCUT2D eigenvalue weighted by molar-refractivity contribution is 6.70. The van der Waals surface area contributed by atoms with Gasteiger partial charge < -0.3 is 20.1 Å². The van der Waals surface area contributed by atoms with E-state index in [0.29, 0.717) is 16.9 Å². The monoisotopic (exact) mass is 386 g/mol. The second-order valence-electron chi connectivity index (χ2n) is 7.81. The van der Waals surface area contributed by atoms with Crippen molar-refractivity contribution in [2.75, 3.05) is 5.73 Å². The highest BCUT2D eigenvalue weighted by atomic mass is 35.5. The molecule has 0 spiro atoms. The van der Waals surface area contributed by atoms with Crippen LogP contribution in [0.15, 0.2) is 41.4 Å². The number of aryl methyl sites for hydroxylation is 1. The van der Waals surface area contributed by atoms with E-state index in [1.165, 1.54) is 12.1 Å². The molecule has 142 valence electrons. The summed E-state index contributed by atoms with van der Waals surface area (Å²) in [7, 11) is -0.427. The molecule has 27 heavy (non-hydrogen) atoms. The zero-order valence-electron chi connectivity index (χ0n) is 16.2. The summed E-state index contributed by atoms with van der Waals surface area (Å²) in [6.07, 6.45) is 0. The number of nitrogen functional groups attached to an aromatic ring is 1. The topological polar surface area (TPSA) is 77.1 Å². The lowest BCUT2D eigenvalue weighted by molar-refractivity contribution is 0.00578. The number of anilines is 1. The fourth-order valence-electron chi connectivity index (χ4n) is 2.82. The summed E-state index contributed by atoms with van der Waals surface area (Å²) in [5.74, 6) is 0.0837. The van der Waals surface area contributed by atoms with Crippen molar-refractivity contribution < 1.29 is 14.4 Å². The highest BCUT2D eigenvalue weighted by Gasteiger charge is 2.51. The van der Waals surface area contributed by atoms with Crippen molar-refractivity contribution in [3.8, 4) is 5.75 Å². The third-order valence-electron chi connectivity index (χ3n) is 5.22. The molecule has 0 unspecified atom stereocenters. The fraction of sp³-hybridized carbons (Fsp3) is 0.350. The second kappa shape index (κ2) is 6.86. The Labute approximate surface area is 165 Å². The van der Waals surface area contributed by atoms with Gasteiger partial charge in [-0.1, -0.05) is 23.7 Å². The van der Waals surface area contributed by atoms with Crippen molar-refractivity contribution >= 4 is 40.7 Å². The minimum absolute atomic E-state index is 0.0837. The van der Waals surface area contributed by atoms with Crippen molar-refractivity contribution in [3.05, 3.63) is 47.5 Å². The molecule has 0 radical (unpaired) electrons. The third-order valence-corrected chi connectivity index (χ3v) is 5.51. The molecule has 7 heteroatoms. The Morgan fingerprint density at radius 1 is 1.07 bits per heavy atom. The lowest BCUT2D eigenvalue weighted by Gasteiger charge is -2.32. The molecule has 1 aliphatic heterocycles. The number of phenolic OH excluding ortho intramolecular Hbond substituents is 1. The number of halogens is 1. The number of phenols is 1. The normalized spacial score (nSPS) is 18.7. The van der Waals surface area contributed by atoms with Crippen LogP contribution >= 0.6 is 11.6 Å². The highest BCUT2D eigenvalue weighted by Crippen LogP contribution is 2.36. The Hall–Kier alpha value is -2.02. The first-order chi connectivity index (χ1) is 12.5. The van der Waals surface area contributed by atoms with E-state index in [1.54, 1.807) is 6.07 Å². The van der Waals surface area contributed by atoms with E-state index < -0.39 is 18.3 Å². The summed E-state index contributed by atoms with van der Waals surface area (Å²) in [6.45, 7) is 10.1. The van der Waals surface area contributed by atoms with Crippen LogP contribution in [-0.4, -0.2) is 28.6 Å². The Morgan fingerprint density at radius 2 is 1.70 bits per heavy atom. The average molecular weight is 387 g/mol. The molecule has 0 atom stereocenters. The Kier molecular flexibility index (Phi) is 5.01. The molecule has 0 saturated carbocycles. The minimum atomic E-state index is -0.427. The number of hydrogen-bond acceptors (Lipinski definition) is 5. The predicted octanol–water partition coefficient (Wildman–Crippen LogP) is 3.90. The molecular formula is C20H24BClN2O3. The van der Waals surface area contributed by atoms with E-state index in [-0.39, 0.29) is 10.9 Å².